The molecule has 0 atom stereocenters. The Labute approximate surface area is 87.5 Å². The number of carboxylic acid groups (broad SMARTS) is 3. The molecule has 0 saturated heterocycles. The van der Waals surface area contributed by atoms with Crippen molar-refractivity contribution < 1.29 is 29.7 Å². The van der Waals surface area contributed by atoms with Gasteiger partial charge in [-0.15, -0.1) is 0 Å². The SMILES string of the molecule is CC.CC(CC(=O)O)(CC(=O)O)C(=O)O. The summed E-state index contributed by atoms with van der Waals surface area (Å²) >= 11 is 0. The Morgan fingerprint density at radius 2 is 1.20 bits per heavy atom. The van der Waals surface area contributed by atoms with Crippen LogP contribution in [0.3, 0.4) is 0 Å². The Morgan fingerprint density at radius 1 is 0.933 bits per heavy atom. The molecule has 0 saturated carbocycles. The summed E-state index contributed by atoms with van der Waals surface area (Å²) < 4.78 is 0. The first-order chi connectivity index (χ1) is 6.78. The standard InChI is InChI=1S/C7H10O6.C2H6/c1-7(6(12)13,2-4(8)9)3-5(10)11;1-2/h2-3H2,1H3,(H,8,9)(H,10,11)(H,12,13);1-2H3. The van der Waals surface area contributed by atoms with Crippen LogP contribution in [0.25, 0.3) is 0 Å². The Bertz CT molecular complexity index is 229. The van der Waals surface area contributed by atoms with Crippen molar-refractivity contribution in [3.63, 3.8) is 0 Å². The van der Waals surface area contributed by atoms with Gasteiger partial charge in [0.1, 0.15) is 0 Å². The molecular formula is C9H16O6. The molecule has 0 fully saturated rings. The molecule has 88 valence electrons. The molecule has 0 rings (SSSR count). The Balaban J connectivity index is 0. The normalized spacial score (nSPS) is 9.80. The zero-order valence-electron chi connectivity index (χ0n) is 8.98. The van der Waals surface area contributed by atoms with E-state index in [1.807, 2.05) is 13.8 Å². The third-order valence-corrected chi connectivity index (χ3v) is 1.60. The van der Waals surface area contributed by atoms with E-state index in [1.165, 1.54) is 0 Å². The van der Waals surface area contributed by atoms with Crippen molar-refractivity contribution in [2.24, 2.45) is 5.41 Å². The van der Waals surface area contributed by atoms with Crippen molar-refractivity contribution in [2.75, 3.05) is 0 Å². The van der Waals surface area contributed by atoms with Crippen LogP contribution in [0.1, 0.15) is 33.6 Å². The summed E-state index contributed by atoms with van der Waals surface area (Å²) in [6, 6.07) is 0. The van der Waals surface area contributed by atoms with Crippen LogP contribution < -0.4 is 0 Å². The third-order valence-electron chi connectivity index (χ3n) is 1.60. The molecular weight excluding hydrogens is 204 g/mol. The van der Waals surface area contributed by atoms with Gasteiger partial charge in [0, 0.05) is 0 Å². The lowest BCUT2D eigenvalue weighted by atomic mass is 9.83. The number of aliphatic carboxylic acids is 3. The number of hydrogen-bond donors (Lipinski definition) is 3. The van der Waals surface area contributed by atoms with Gasteiger partial charge in [-0.2, -0.15) is 0 Å². The van der Waals surface area contributed by atoms with E-state index in [1.54, 1.807) is 0 Å². The molecule has 0 aromatic heterocycles. The van der Waals surface area contributed by atoms with Gasteiger partial charge >= 0.3 is 17.9 Å². The van der Waals surface area contributed by atoms with Gasteiger partial charge in [-0.3, -0.25) is 14.4 Å². The summed E-state index contributed by atoms with van der Waals surface area (Å²) in [5.41, 5.74) is -1.74. The molecule has 0 amide bonds. The minimum absolute atomic E-state index is 0.700. The average molecular weight is 220 g/mol. The molecule has 0 aliphatic carbocycles. The van der Waals surface area contributed by atoms with Crippen LogP contribution in [0.15, 0.2) is 0 Å². The van der Waals surface area contributed by atoms with Crippen molar-refractivity contribution in [1.82, 2.24) is 0 Å². The van der Waals surface area contributed by atoms with Gasteiger partial charge in [0.25, 0.3) is 0 Å². The smallest absolute Gasteiger partial charge is 0.310 e. The van der Waals surface area contributed by atoms with Crippen molar-refractivity contribution >= 4 is 17.9 Å². The van der Waals surface area contributed by atoms with Crippen LogP contribution in [-0.4, -0.2) is 33.2 Å². The molecule has 6 nitrogen and oxygen atoms in total. The maximum absolute atomic E-state index is 10.6. The monoisotopic (exact) mass is 220 g/mol. The largest absolute Gasteiger partial charge is 0.481 e. The van der Waals surface area contributed by atoms with Crippen molar-refractivity contribution in [1.29, 1.82) is 0 Å². The van der Waals surface area contributed by atoms with Gasteiger partial charge in [-0.05, 0) is 6.92 Å². The predicted octanol–water partition coefficient (Wildman–Crippen LogP) is 1.05. The van der Waals surface area contributed by atoms with Crippen molar-refractivity contribution in [3.8, 4) is 0 Å². The van der Waals surface area contributed by atoms with Crippen LogP contribution in [0.4, 0.5) is 0 Å². The number of rotatable bonds is 5. The topological polar surface area (TPSA) is 112 Å². The molecule has 0 aromatic carbocycles. The highest BCUT2D eigenvalue weighted by atomic mass is 16.4. The predicted molar refractivity (Wildman–Crippen MR) is 51.6 cm³/mol. The molecule has 0 spiro atoms. The Kier molecular flexibility index (Phi) is 7.20. The van der Waals surface area contributed by atoms with E-state index in [0.29, 0.717) is 0 Å². The summed E-state index contributed by atoms with van der Waals surface area (Å²) in [5.74, 6) is -4.07. The first-order valence-corrected chi connectivity index (χ1v) is 4.45. The molecule has 0 unspecified atom stereocenters. The number of carboxylic acids is 3. The van der Waals surface area contributed by atoms with Crippen molar-refractivity contribution in [2.45, 2.75) is 33.6 Å². The van der Waals surface area contributed by atoms with E-state index < -0.39 is 36.2 Å². The summed E-state index contributed by atoms with van der Waals surface area (Å²) in [4.78, 5) is 31.1. The molecule has 0 heterocycles. The first-order valence-electron chi connectivity index (χ1n) is 4.45. The van der Waals surface area contributed by atoms with Gasteiger partial charge in [0.2, 0.25) is 0 Å². The van der Waals surface area contributed by atoms with Crippen LogP contribution in [0.2, 0.25) is 0 Å². The third kappa shape index (κ3) is 6.48. The van der Waals surface area contributed by atoms with E-state index in [4.69, 9.17) is 15.3 Å². The average Bonchev–Trinajstić information content (AvgIpc) is 2.04. The lowest BCUT2D eigenvalue weighted by molar-refractivity contribution is -0.159. The Morgan fingerprint density at radius 3 is 1.33 bits per heavy atom. The highest BCUT2D eigenvalue weighted by molar-refractivity contribution is 5.85. The molecule has 6 heteroatoms. The van der Waals surface area contributed by atoms with E-state index in [0.717, 1.165) is 6.92 Å². The lowest BCUT2D eigenvalue weighted by Gasteiger charge is -2.19. The van der Waals surface area contributed by atoms with Crippen LogP contribution in [-0.2, 0) is 14.4 Å². The summed E-state index contributed by atoms with van der Waals surface area (Å²) in [6.07, 6.45) is -1.40. The van der Waals surface area contributed by atoms with Crippen molar-refractivity contribution in [3.05, 3.63) is 0 Å². The molecule has 0 bridgehead atoms. The van der Waals surface area contributed by atoms with Gasteiger partial charge in [0.15, 0.2) is 0 Å². The van der Waals surface area contributed by atoms with E-state index >= 15 is 0 Å². The fraction of sp³-hybridized carbons (Fsp3) is 0.667. The molecule has 0 aromatic rings. The van der Waals surface area contributed by atoms with Gasteiger partial charge in [0.05, 0.1) is 18.3 Å². The van der Waals surface area contributed by atoms with E-state index in [9.17, 15) is 14.4 Å². The number of carbonyl (C=O) groups is 3. The second kappa shape index (κ2) is 6.80. The van der Waals surface area contributed by atoms with Crippen LogP contribution >= 0.6 is 0 Å². The quantitative estimate of drug-likeness (QED) is 0.638. The summed E-state index contributed by atoms with van der Waals surface area (Å²) in [6.45, 7) is 5.09. The minimum Gasteiger partial charge on any atom is -0.481 e. The zero-order chi connectivity index (χ0) is 12.6. The summed E-state index contributed by atoms with van der Waals surface area (Å²) in [5, 5.41) is 25.3. The minimum atomic E-state index is -1.74. The highest BCUT2D eigenvalue weighted by Crippen LogP contribution is 2.26. The van der Waals surface area contributed by atoms with Gasteiger partial charge < -0.3 is 15.3 Å². The fourth-order valence-corrected chi connectivity index (χ4v) is 0.881. The molecule has 0 aliphatic heterocycles. The fourth-order valence-electron chi connectivity index (χ4n) is 0.881. The van der Waals surface area contributed by atoms with E-state index in [-0.39, 0.29) is 0 Å². The Hall–Kier alpha value is -1.59. The lowest BCUT2D eigenvalue weighted by Crippen LogP contribution is -2.32. The molecule has 0 radical (unpaired) electrons. The van der Waals surface area contributed by atoms with Crippen LogP contribution in [0, 0.1) is 5.41 Å². The first kappa shape index (κ1) is 15.9. The summed E-state index contributed by atoms with van der Waals surface area (Å²) in [7, 11) is 0. The van der Waals surface area contributed by atoms with Gasteiger partial charge in [-0.1, -0.05) is 13.8 Å². The van der Waals surface area contributed by atoms with Gasteiger partial charge in [-0.25, -0.2) is 0 Å². The zero-order valence-corrected chi connectivity index (χ0v) is 8.98. The molecule has 3 N–H and O–H groups in total. The van der Waals surface area contributed by atoms with E-state index in [2.05, 4.69) is 0 Å². The second-order valence-corrected chi connectivity index (χ2v) is 3.01. The highest BCUT2D eigenvalue weighted by Gasteiger charge is 2.38. The second-order valence-electron chi connectivity index (χ2n) is 3.01. The molecule has 0 aliphatic rings. The van der Waals surface area contributed by atoms with Crippen LogP contribution in [0.5, 0.6) is 0 Å². The molecule has 15 heavy (non-hydrogen) atoms. The number of hydrogen-bond acceptors (Lipinski definition) is 3. The maximum atomic E-state index is 10.6. The maximum Gasteiger partial charge on any atom is 0.310 e.